The molecule has 19 heavy (non-hydrogen) atoms. The minimum absolute atomic E-state index is 0.0729. The number of hydrogen-bond acceptors (Lipinski definition) is 6. The molecular formula is C12H24N2O4S. The Kier molecular flexibility index (Phi) is 5.76. The molecule has 0 aliphatic carbocycles. The molecule has 0 aromatic carbocycles. The van der Waals surface area contributed by atoms with Crippen LogP contribution in [0.15, 0.2) is 0 Å². The Labute approximate surface area is 115 Å². The third-order valence-electron chi connectivity index (χ3n) is 2.70. The van der Waals surface area contributed by atoms with Crippen LogP contribution in [0, 0.1) is 5.92 Å². The van der Waals surface area contributed by atoms with Gasteiger partial charge in [0.2, 0.25) is 0 Å². The van der Waals surface area contributed by atoms with E-state index in [2.05, 4.69) is 10.6 Å². The molecule has 0 radical (unpaired) electrons. The molecule has 0 aromatic rings. The van der Waals surface area contributed by atoms with E-state index in [1.165, 1.54) is 0 Å². The Hall–Kier alpha value is -0.660. The molecule has 2 heterocycles. The van der Waals surface area contributed by atoms with Gasteiger partial charge >= 0.3 is 5.97 Å². The second-order valence-electron chi connectivity index (χ2n) is 5.79. The van der Waals surface area contributed by atoms with Gasteiger partial charge in [0.05, 0.1) is 17.4 Å². The Morgan fingerprint density at radius 2 is 1.63 bits per heavy atom. The Balaban J connectivity index is 0.000000200. The topological polar surface area (TPSA) is 84.5 Å². The maximum absolute atomic E-state index is 11.2. The van der Waals surface area contributed by atoms with E-state index < -0.39 is 9.84 Å². The van der Waals surface area contributed by atoms with Crippen molar-refractivity contribution in [3.63, 3.8) is 0 Å². The standard InChI is InChI=1S/C8H15NO2.C4H9NO2S/c1-8(2,3)11-7(10)6-4-9-5-6;6-8(7)3-1-5-2-4-8/h6,9H,4-5H2,1-3H3;5H,1-4H2. The Bertz CT molecular complexity index is 384. The third kappa shape index (κ3) is 6.89. The highest BCUT2D eigenvalue weighted by molar-refractivity contribution is 7.91. The lowest BCUT2D eigenvalue weighted by Gasteiger charge is -2.29. The number of carbonyl (C=O) groups is 1. The maximum atomic E-state index is 11.2. The second kappa shape index (κ2) is 6.67. The van der Waals surface area contributed by atoms with E-state index >= 15 is 0 Å². The molecule has 0 atom stereocenters. The number of hydrogen-bond donors (Lipinski definition) is 2. The van der Waals surface area contributed by atoms with Crippen LogP contribution in [0.1, 0.15) is 20.8 Å². The summed E-state index contributed by atoms with van der Waals surface area (Å²) < 4.78 is 26.4. The Morgan fingerprint density at radius 3 is 1.89 bits per heavy atom. The van der Waals surface area contributed by atoms with E-state index in [0.29, 0.717) is 24.6 Å². The highest BCUT2D eigenvalue weighted by atomic mass is 32.2. The van der Waals surface area contributed by atoms with Crippen LogP contribution in [0.3, 0.4) is 0 Å². The summed E-state index contributed by atoms with van der Waals surface area (Å²) in [6.45, 7) is 8.46. The molecule has 2 aliphatic heterocycles. The van der Waals surface area contributed by atoms with Gasteiger partial charge in [0, 0.05) is 26.2 Å². The molecule has 0 aromatic heterocycles. The molecule has 6 nitrogen and oxygen atoms in total. The van der Waals surface area contributed by atoms with Crippen LogP contribution in [0.5, 0.6) is 0 Å². The maximum Gasteiger partial charge on any atom is 0.312 e. The van der Waals surface area contributed by atoms with E-state index in [1.54, 1.807) is 0 Å². The van der Waals surface area contributed by atoms with Crippen molar-refractivity contribution < 1.29 is 17.9 Å². The lowest BCUT2D eigenvalue weighted by atomic mass is 10.0. The van der Waals surface area contributed by atoms with Crippen molar-refractivity contribution in [3.8, 4) is 0 Å². The summed E-state index contributed by atoms with van der Waals surface area (Å²) in [6, 6.07) is 0. The average molecular weight is 292 g/mol. The van der Waals surface area contributed by atoms with Gasteiger partial charge in [-0.1, -0.05) is 0 Å². The monoisotopic (exact) mass is 292 g/mol. The zero-order valence-corrected chi connectivity index (χ0v) is 12.7. The molecule has 2 rings (SSSR count). The molecule has 2 aliphatic rings. The smallest absolute Gasteiger partial charge is 0.312 e. The fraction of sp³-hybridized carbons (Fsp3) is 0.917. The first-order valence-electron chi connectivity index (χ1n) is 6.54. The van der Waals surface area contributed by atoms with Crippen LogP contribution in [-0.4, -0.2) is 57.7 Å². The van der Waals surface area contributed by atoms with Crippen LogP contribution in [-0.2, 0) is 19.4 Å². The SMILES string of the molecule is CC(C)(C)OC(=O)C1CNC1.O=S1(=O)CCNCC1. The summed E-state index contributed by atoms with van der Waals surface area (Å²) in [5.74, 6) is 0.644. The largest absolute Gasteiger partial charge is 0.460 e. The first kappa shape index (κ1) is 16.4. The molecule has 2 fully saturated rings. The predicted octanol–water partition coefficient (Wildman–Crippen LogP) is -0.448. The number of sulfone groups is 1. The Morgan fingerprint density at radius 1 is 1.11 bits per heavy atom. The lowest BCUT2D eigenvalue weighted by molar-refractivity contribution is -0.161. The highest BCUT2D eigenvalue weighted by Gasteiger charge is 2.29. The fourth-order valence-electron chi connectivity index (χ4n) is 1.52. The zero-order valence-electron chi connectivity index (χ0n) is 11.9. The first-order valence-corrected chi connectivity index (χ1v) is 8.36. The molecular weight excluding hydrogens is 268 g/mol. The van der Waals surface area contributed by atoms with Gasteiger partial charge in [0.15, 0.2) is 9.84 Å². The number of ether oxygens (including phenoxy) is 1. The molecule has 0 bridgehead atoms. The van der Waals surface area contributed by atoms with Crippen molar-refractivity contribution in [2.24, 2.45) is 5.92 Å². The summed E-state index contributed by atoms with van der Waals surface area (Å²) >= 11 is 0. The van der Waals surface area contributed by atoms with Crippen molar-refractivity contribution >= 4 is 15.8 Å². The second-order valence-corrected chi connectivity index (χ2v) is 8.09. The van der Waals surface area contributed by atoms with Crippen LogP contribution in [0.25, 0.3) is 0 Å². The summed E-state index contributed by atoms with van der Waals surface area (Å²) in [4.78, 5) is 11.2. The summed E-state index contributed by atoms with van der Waals surface area (Å²) in [5.41, 5.74) is -0.341. The quantitative estimate of drug-likeness (QED) is 0.637. The summed E-state index contributed by atoms with van der Waals surface area (Å²) in [5, 5.41) is 5.99. The van der Waals surface area contributed by atoms with Crippen molar-refractivity contribution in [1.82, 2.24) is 10.6 Å². The minimum Gasteiger partial charge on any atom is -0.460 e. The molecule has 7 heteroatoms. The molecule has 0 spiro atoms. The summed E-state index contributed by atoms with van der Waals surface area (Å²) in [6.07, 6.45) is 0. The van der Waals surface area contributed by atoms with Crippen molar-refractivity contribution in [2.45, 2.75) is 26.4 Å². The van der Waals surface area contributed by atoms with Gasteiger partial charge in [0.1, 0.15) is 5.60 Å². The lowest BCUT2D eigenvalue weighted by Crippen LogP contribution is -2.48. The van der Waals surface area contributed by atoms with Gasteiger partial charge in [-0.2, -0.15) is 0 Å². The van der Waals surface area contributed by atoms with Gasteiger partial charge in [-0.15, -0.1) is 0 Å². The third-order valence-corrected chi connectivity index (χ3v) is 4.35. The van der Waals surface area contributed by atoms with E-state index in [1.807, 2.05) is 20.8 Å². The normalized spacial score (nSPS) is 22.7. The zero-order chi connectivity index (χ0) is 14.5. The molecule has 2 saturated heterocycles. The number of carbonyl (C=O) groups excluding carboxylic acids is 1. The molecule has 0 unspecified atom stereocenters. The number of rotatable bonds is 1. The van der Waals surface area contributed by atoms with Gasteiger partial charge in [-0.3, -0.25) is 4.79 Å². The molecule has 2 N–H and O–H groups in total. The van der Waals surface area contributed by atoms with E-state index in [9.17, 15) is 13.2 Å². The van der Waals surface area contributed by atoms with E-state index in [-0.39, 0.29) is 17.5 Å². The number of esters is 1. The van der Waals surface area contributed by atoms with E-state index in [0.717, 1.165) is 13.1 Å². The average Bonchev–Trinajstić information content (AvgIpc) is 2.11. The van der Waals surface area contributed by atoms with Crippen molar-refractivity contribution in [3.05, 3.63) is 0 Å². The van der Waals surface area contributed by atoms with Gasteiger partial charge in [0.25, 0.3) is 0 Å². The van der Waals surface area contributed by atoms with Crippen LogP contribution < -0.4 is 10.6 Å². The number of nitrogens with one attached hydrogen (secondary N) is 2. The molecule has 0 saturated carbocycles. The van der Waals surface area contributed by atoms with Crippen molar-refractivity contribution in [2.75, 3.05) is 37.7 Å². The van der Waals surface area contributed by atoms with Crippen molar-refractivity contribution in [1.29, 1.82) is 0 Å². The highest BCUT2D eigenvalue weighted by Crippen LogP contribution is 2.13. The van der Waals surface area contributed by atoms with Crippen LogP contribution in [0.4, 0.5) is 0 Å². The van der Waals surface area contributed by atoms with Crippen LogP contribution in [0.2, 0.25) is 0 Å². The molecule has 0 amide bonds. The fourth-order valence-corrected chi connectivity index (χ4v) is 2.64. The van der Waals surface area contributed by atoms with Gasteiger partial charge in [-0.25, -0.2) is 8.42 Å². The summed E-state index contributed by atoms with van der Waals surface area (Å²) in [7, 11) is -2.65. The predicted molar refractivity (Wildman–Crippen MR) is 73.7 cm³/mol. The minimum atomic E-state index is -2.65. The van der Waals surface area contributed by atoms with Crippen LogP contribution >= 0.6 is 0 Å². The van der Waals surface area contributed by atoms with E-state index in [4.69, 9.17) is 4.74 Å². The van der Waals surface area contributed by atoms with Gasteiger partial charge in [-0.05, 0) is 20.8 Å². The first-order chi connectivity index (χ1) is 8.70. The van der Waals surface area contributed by atoms with Gasteiger partial charge < -0.3 is 15.4 Å². The molecule has 112 valence electrons.